The first-order valence-electron chi connectivity index (χ1n) is 13.4. The molecule has 3 aromatic carbocycles. The van der Waals surface area contributed by atoms with Gasteiger partial charge in [0, 0.05) is 12.0 Å². The lowest BCUT2D eigenvalue weighted by Gasteiger charge is -2.23. The molecule has 3 N–H and O–H groups in total. The number of hydrogen-bond donors (Lipinski definition) is 2. The van der Waals surface area contributed by atoms with Gasteiger partial charge in [-0.05, 0) is 84.3 Å². The van der Waals surface area contributed by atoms with Gasteiger partial charge in [-0.15, -0.1) is 0 Å². The predicted molar refractivity (Wildman–Crippen MR) is 152 cm³/mol. The molecule has 12 heteroatoms. The molecule has 0 spiro atoms. The fourth-order valence-corrected chi connectivity index (χ4v) is 6.51. The second kappa shape index (κ2) is 11.4. The first-order chi connectivity index (χ1) is 20.4. The van der Waals surface area contributed by atoms with Crippen LogP contribution in [0, 0.1) is 28.9 Å². The molecular formula is C31H26F2N4O5S. The molecule has 1 atom stereocenters. The zero-order chi connectivity index (χ0) is 31.1. The fourth-order valence-electron chi connectivity index (χ4n) is 5.17. The van der Waals surface area contributed by atoms with Crippen LogP contribution in [-0.4, -0.2) is 29.0 Å². The Hall–Kier alpha value is -4.89. The van der Waals surface area contributed by atoms with Crippen LogP contribution in [0.2, 0.25) is 0 Å². The van der Waals surface area contributed by atoms with Gasteiger partial charge in [-0.25, -0.2) is 17.2 Å². The molecule has 43 heavy (non-hydrogen) atoms. The fraction of sp³-hybridized carbons (Fsp3) is 0.226. The van der Waals surface area contributed by atoms with Gasteiger partial charge in [0.05, 0.1) is 22.6 Å². The Bertz CT molecular complexity index is 1960. The summed E-state index contributed by atoms with van der Waals surface area (Å²) in [6, 6.07) is 13.2. The van der Waals surface area contributed by atoms with Crippen LogP contribution in [0.25, 0.3) is 11.1 Å². The number of halogens is 2. The maximum atomic E-state index is 14.4. The summed E-state index contributed by atoms with van der Waals surface area (Å²) in [5.41, 5.74) is 5.19. The highest BCUT2D eigenvalue weighted by Crippen LogP contribution is 2.35. The van der Waals surface area contributed by atoms with Crippen LogP contribution in [0.15, 0.2) is 75.2 Å². The number of primary amides is 1. The third-order valence-corrected chi connectivity index (χ3v) is 9.21. The number of sulfone groups is 1. The lowest BCUT2D eigenvalue weighted by molar-refractivity contribution is 0.100. The van der Waals surface area contributed by atoms with Crippen LogP contribution in [0.4, 0.5) is 8.78 Å². The molecule has 0 saturated heterocycles. The van der Waals surface area contributed by atoms with Crippen molar-refractivity contribution in [3.05, 3.63) is 105 Å². The van der Waals surface area contributed by atoms with E-state index in [9.17, 15) is 37.2 Å². The van der Waals surface area contributed by atoms with E-state index < -0.39 is 49.8 Å². The molecule has 5 rings (SSSR count). The second-order valence-electron chi connectivity index (χ2n) is 10.4. The van der Waals surface area contributed by atoms with E-state index in [1.54, 1.807) is 6.92 Å². The summed E-state index contributed by atoms with van der Waals surface area (Å²) in [5.74, 6) is -2.84. The maximum Gasteiger partial charge on any atom is 0.277 e. The molecule has 9 nitrogen and oxygen atoms in total. The van der Waals surface area contributed by atoms with Crippen LogP contribution < -0.4 is 11.3 Å². The summed E-state index contributed by atoms with van der Waals surface area (Å²) in [6.45, 7) is 1.73. The molecule has 0 radical (unpaired) electrons. The monoisotopic (exact) mass is 604 g/mol. The number of aromatic hydroxyl groups is 1. The minimum Gasteiger partial charge on any atom is -0.492 e. The highest BCUT2D eigenvalue weighted by atomic mass is 32.2. The van der Waals surface area contributed by atoms with Crippen LogP contribution in [0.3, 0.4) is 0 Å². The summed E-state index contributed by atoms with van der Waals surface area (Å²) in [7, 11) is -4.65. The van der Waals surface area contributed by atoms with Gasteiger partial charge in [-0.3, -0.25) is 14.2 Å². The average molecular weight is 605 g/mol. The van der Waals surface area contributed by atoms with Crippen molar-refractivity contribution in [2.24, 2.45) is 11.7 Å². The molecule has 220 valence electrons. The average Bonchev–Trinajstić information content (AvgIpc) is 3.78. The van der Waals surface area contributed by atoms with E-state index in [0.717, 1.165) is 31.0 Å². The number of aromatic nitrogens is 2. The van der Waals surface area contributed by atoms with Crippen LogP contribution in [0.5, 0.6) is 5.88 Å². The van der Waals surface area contributed by atoms with Gasteiger partial charge in [-0.1, -0.05) is 25.1 Å². The summed E-state index contributed by atoms with van der Waals surface area (Å²) in [6.07, 6.45) is 2.29. The van der Waals surface area contributed by atoms with Gasteiger partial charge in [0.1, 0.15) is 17.5 Å². The molecule has 1 saturated carbocycles. The zero-order valence-electron chi connectivity index (χ0n) is 22.9. The van der Waals surface area contributed by atoms with E-state index in [-0.39, 0.29) is 45.3 Å². The SMILES string of the molecule is CC[C@@H](c1cc(F)cc(C#N)c1)n1c(CC2CC2)nc(O)c(S(=O)(=O)c2ccc(-c3ccc(F)cc3C(N)=O)cc2)c1=O. The smallest absolute Gasteiger partial charge is 0.277 e. The first kappa shape index (κ1) is 29.6. The van der Waals surface area contributed by atoms with Crippen molar-refractivity contribution in [1.29, 1.82) is 5.26 Å². The molecule has 1 amide bonds. The van der Waals surface area contributed by atoms with Crippen molar-refractivity contribution in [3.8, 4) is 23.1 Å². The summed E-state index contributed by atoms with van der Waals surface area (Å²) < 4.78 is 56.9. The molecule has 1 heterocycles. The van der Waals surface area contributed by atoms with Crippen molar-refractivity contribution < 1.29 is 27.1 Å². The second-order valence-corrected chi connectivity index (χ2v) is 12.3. The molecule has 1 aliphatic carbocycles. The summed E-state index contributed by atoms with van der Waals surface area (Å²) >= 11 is 0. The minimum absolute atomic E-state index is 0.0329. The van der Waals surface area contributed by atoms with Crippen molar-refractivity contribution in [3.63, 3.8) is 0 Å². The molecule has 0 aliphatic heterocycles. The molecule has 4 aromatic rings. The number of carbonyl (C=O) groups is 1. The van der Waals surface area contributed by atoms with E-state index in [4.69, 9.17) is 5.73 Å². The van der Waals surface area contributed by atoms with Crippen LogP contribution in [-0.2, 0) is 16.3 Å². The molecule has 1 fully saturated rings. The highest BCUT2D eigenvalue weighted by Gasteiger charge is 2.34. The van der Waals surface area contributed by atoms with E-state index in [2.05, 4.69) is 4.98 Å². The van der Waals surface area contributed by atoms with Gasteiger partial charge in [-0.2, -0.15) is 10.2 Å². The van der Waals surface area contributed by atoms with Crippen LogP contribution in [0.1, 0.15) is 59.5 Å². The summed E-state index contributed by atoms with van der Waals surface area (Å²) in [5, 5.41) is 20.2. The maximum absolute atomic E-state index is 14.4. The number of benzene rings is 3. The van der Waals surface area contributed by atoms with Gasteiger partial charge < -0.3 is 10.8 Å². The number of amides is 1. The van der Waals surface area contributed by atoms with Gasteiger partial charge in [0.15, 0.2) is 4.90 Å². The Kier molecular flexibility index (Phi) is 7.86. The molecular weight excluding hydrogens is 578 g/mol. The normalized spacial score (nSPS) is 13.8. The Balaban J connectivity index is 1.64. The summed E-state index contributed by atoms with van der Waals surface area (Å²) in [4.78, 5) is 28.7. The zero-order valence-corrected chi connectivity index (χ0v) is 23.7. The van der Waals surface area contributed by atoms with E-state index in [1.165, 1.54) is 47.0 Å². The number of rotatable bonds is 9. The van der Waals surface area contributed by atoms with Crippen molar-refractivity contribution >= 4 is 15.7 Å². The number of hydrogen-bond acceptors (Lipinski definition) is 7. The lowest BCUT2D eigenvalue weighted by atomic mass is 9.99. The van der Waals surface area contributed by atoms with Gasteiger partial charge in [0.2, 0.25) is 21.6 Å². The Morgan fingerprint density at radius 2 is 1.81 bits per heavy atom. The van der Waals surface area contributed by atoms with Gasteiger partial charge >= 0.3 is 0 Å². The number of carbonyl (C=O) groups excluding carboxylic acids is 1. The van der Waals surface area contributed by atoms with E-state index in [0.29, 0.717) is 12.0 Å². The van der Waals surface area contributed by atoms with E-state index >= 15 is 0 Å². The Morgan fingerprint density at radius 3 is 2.42 bits per heavy atom. The number of nitrogens with two attached hydrogens (primary N) is 1. The quantitative estimate of drug-likeness (QED) is 0.282. The largest absolute Gasteiger partial charge is 0.492 e. The minimum atomic E-state index is -4.65. The third-order valence-electron chi connectivity index (χ3n) is 7.42. The van der Waals surface area contributed by atoms with Crippen LogP contribution >= 0.6 is 0 Å². The third kappa shape index (κ3) is 5.76. The highest BCUT2D eigenvalue weighted by molar-refractivity contribution is 7.91. The number of nitrogens with zero attached hydrogens (tertiary/aromatic N) is 3. The molecule has 1 aromatic heterocycles. The molecule has 0 bridgehead atoms. The lowest BCUT2D eigenvalue weighted by Crippen LogP contribution is -2.33. The van der Waals surface area contributed by atoms with Crippen molar-refractivity contribution in [1.82, 2.24) is 9.55 Å². The molecule has 1 aliphatic rings. The van der Waals surface area contributed by atoms with Crippen molar-refractivity contribution in [2.45, 2.75) is 48.4 Å². The van der Waals surface area contributed by atoms with E-state index in [1.807, 2.05) is 6.07 Å². The Labute approximate surface area is 245 Å². The Morgan fingerprint density at radius 1 is 1.12 bits per heavy atom. The van der Waals surface area contributed by atoms with Gasteiger partial charge in [0.25, 0.3) is 5.56 Å². The van der Waals surface area contributed by atoms with Crippen molar-refractivity contribution in [2.75, 3.05) is 0 Å². The molecule has 0 unspecified atom stereocenters. The predicted octanol–water partition coefficient (Wildman–Crippen LogP) is 4.65. The first-order valence-corrected chi connectivity index (χ1v) is 14.9. The number of nitriles is 1. The standard InChI is InChI=1S/C31H26F2N4O5S/c1-2-26(20-11-18(16-34)12-22(33)14-20)37-27(13-17-3-4-17)36-30(39)28(31(37)40)43(41,42)23-8-5-19(6-9-23)24-10-7-21(32)15-25(24)29(35)38/h5-12,14-15,17,26,39H,2-4,13H2,1H3,(H2,35,38)/t26-/m0/s1. The topological polar surface area (TPSA) is 156 Å².